The maximum atomic E-state index is 4.92. The summed E-state index contributed by atoms with van der Waals surface area (Å²) < 4.78 is 9.08. The SMILES string of the molecule is Cc1cc(C)c(C)c(-c2c3ccccc3c(-c3ccc(C)nc3)c[n+]2C)c1.Cc1cc(C)c(C)c(-c2c3ccccc3c(-c3ccc(C4CCCC4)cn3)c[n+]2C)c1.Cc1cc(C)c(C)c(-c2c3ccccc3c(-c3ccc(CC(C)(C)C)cn3)c[n+]2C)c1.Cc1cc(C)c(C)c(-c2c3ccccc3c(-c3ccc(CC(C)C)cn3)c[n+]2C)c1. The number of benzene rings is 8. The molecule has 0 unspecified atom stereocenters. The van der Waals surface area contributed by atoms with Crippen molar-refractivity contribution in [1.82, 2.24) is 19.9 Å². The fourth-order valence-corrected chi connectivity index (χ4v) is 18.3. The van der Waals surface area contributed by atoms with Crippen molar-refractivity contribution in [3.05, 3.63) is 333 Å². The molecule has 1 aliphatic carbocycles. The van der Waals surface area contributed by atoms with E-state index in [0.717, 1.165) is 41.2 Å². The number of fused-ring (bicyclic) bond motifs is 4. The number of hydrogen-bond acceptors (Lipinski definition) is 4. The highest BCUT2D eigenvalue weighted by molar-refractivity contribution is 6.05. The summed E-state index contributed by atoms with van der Waals surface area (Å²) in [5.74, 6) is 1.33. The van der Waals surface area contributed by atoms with Crippen LogP contribution < -0.4 is 18.3 Å². The second-order valence-electron chi connectivity index (χ2n) is 35.8. The lowest BCUT2D eigenvalue weighted by molar-refractivity contribution is -0.658. The van der Waals surface area contributed by atoms with Gasteiger partial charge in [0, 0.05) is 57.6 Å². The molecule has 119 heavy (non-hydrogen) atoms. The molecule has 8 aromatic heterocycles. The number of aryl methyl sites for hydroxylation is 13. The molecule has 0 amide bonds. The first-order valence-corrected chi connectivity index (χ1v) is 42.8. The van der Waals surface area contributed by atoms with Gasteiger partial charge in [-0.2, -0.15) is 18.3 Å². The Morgan fingerprint density at radius 3 is 0.950 bits per heavy atom. The van der Waals surface area contributed by atoms with Crippen LogP contribution in [-0.2, 0) is 41.0 Å². The average Bonchev–Trinajstić information content (AvgIpc) is 0.904. The zero-order chi connectivity index (χ0) is 84.4. The van der Waals surface area contributed by atoms with Gasteiger partial charge in [0.2, 0.25) is 22.8 Å². The molecule has 8 nitrogen and oxygen atoms in total. The first kappa shape index (κ1) is 83.5. The molecule has 0 N–H and O–H groups in total. The number of hydrogen-bond donors (Lipinski definition) is 0. The van der Waals surface area contributed by atoms with Gasteiger partial charge < -0.3 is 0 Å². The van der Waals surface area contributed by atoms with Gasteiger partial charge in [0.25, 0.3) is 0 Å². The highest BCUT2D eigenvalue weighted by Crippen LogP contribution is 2.42. The van der Waals surface area contributed by atoms with Crippen LogP contribution in [0.15, 0.2) is 244 Å². The highest BCUT2D eigenvalue weighted by atomic mass is 14.9. The number of aromatic nitrogens is 8. The lowest BCUT2D eigenvalue weighted by atomic mass is 9.88. The van der Waals surface area contributed by atoms with Crippen molar-refractivity contribution in [2.45, 2.75) is 169 Å². The van der Waals surface area contributed by atoms with Crippen molar-refractivity contribution in [3.63, 3.8) is 0 Å². The van der Waals surface area contributed by atoms with Crippen LogP contribution >= 0.6 is 0 Å². The van der Waals surface area contributed by atoms with E-state index in [0.29, 0.717) is 11.8 Å². The summed E-state index contributed by atoms with van der Waals surface area (Å²) in [6.45, 7) is 39.7. The third-order valence-electron chi connectivity index (χ3n) is 24.5. The van der Waals surface area contributed by atoms with E-state index in [1.54, 1.807) is 0 Å². The smallest absolute Gasteiger partial charge is 0.220 e. The van der Waals surface area contributed by atoms with Gasteiger partial charge >= 0.3 is 0 Å². The Bertz CT molecular complexity index is 6470. The van der Waals surface area contributed by atoms with Gasteiger partial charge in [-0.15, -0.1) is 0 Å². The lowest BCUT2D eigenvalue weighted by Gasteiger charge is -2.18. The van der Waals surface area contributed by atoms with Crippen LogP contribution in [0.3, 0.4) is 0 Å². The van der Waals surface area contributed by atoms with Gasteiger partial charge in [-0.25, -0.2) is 0 Å². The minimum atomic E-state index is 0.258. The van der Waals surface area contributed by atoms with Gasteiger partial charge in [0.1, 0.15) is 28.2 Å². The molecule has 1 saturated carbocycles. The summed E-state index contributed by atoms with van der Waals surface area (Å²) in [6, 6.07) is 70.7. The topological polar surface area (TPSA) is 67.1 Å². The Labute approximate surface area is 708 Å². The molecule has 1 aliphatic rings. The predicted molar refractivity (Wildman–Crippen MR) is 500 cm³/mol. The number of nitrogens with zero attached hydrogens (tertiary/aromatic N) is 8. The van der Waals surface area contributed by atoms with Crippen molar-refractivity contribution in [2.24, 2.45) is 39.5 Å². The molecule has 0 spiro atoms. The second-order valence-corrected chi connectivity index (χ2v) is 35.8. The molecule has 0 radical (unpaired) electrons. The van der Waals surface area contributed by atoms with Crippen molar-refractivity contribution in [1.29, 1.82) is 0 Å². The van der Waals surface area contributed by atoms with E-state index in [9.17, 15) is 0 Å². The molecule has 600 valence electrons. The number of rotatable bonds is 12. The molecule has 17 rings (SSSR count). The Hall–Kier alpha value is -12.0. The van der Waals surface area contributed by atoms with E-state index in [1.807, 2.05) is 25.5 Å². The van der Waals surface area contributed by atoms with E-state index in [4.69, 9.17) is 15.0 Å². The molecule has 1 fully saturated rings. The first-order valence-electron chi connectivity index (χ1n) is 42.8. The van der Waals surface area contributed by atoms with E-state index >= 15 is 0 Å². The normalized spacial score (nSPS) is 12.3. The molecule has 8 aromatic carbocycles. The lowest BCUT2D eigenvalue weighted by Crippen LogP contribution is -2.31. The van der Waals surface area contributed by atoms with E-state index in [1.165, 1.54) is 220 Å². The molecule has 16 aromatic rings. The van der Waals surface area contributed by atoms with Gasteiger partial charge in [-0.1, -0.05) is 191 Å². The minimum absolute atomic E-state index is 0.258. The molecule has 0 aliphatic heterocycles. The third kappa shape index (κ3) is 18.1. The fourth-order valence-electron chi connectivity index (χ4n) is 18.3. The van der Waals surface area contributed by atoms with Gasteiger partial charge in [0.05, 0.1) is 83.1 Å². The fraction of sp³-hybridized carbons (Fsp3) is 0.279. The summed E-state index contributed by atoms with van der Waals surface area (Å²) in [7, 11) is 8.60. The van der Waals surface area contributed by atoms with Crippen molar-refractivity contribution >= 4 is 43.1 Å². The number of pyridine rings is 8. The summed E-state index contributed by atoms with van der Waals surface area (Å²) in [5.41, 5.74) is 40.4. The zero-order valence-corrected chi connectivity index (χ0v) is 74.6. The predicted octanol–water partition coefficient (Wildman–Crippen LogP) is 26.0. The zero-order valence-electron chi connectivity index (χ0n) is 74.6. The average molecular weight is 1570 g/mol. The van der Waals surface area contributed by atoms with Gasteiger partial charge in [-0.3, -0.25) is 19.9 Å². The third-order valence-corrected chi connectivity index (χ3v) is 24.5. The van der Waals surface area contributed by atoms with Crippen LogP contribution in [0.5, 0.6) is 0 Å². The maximum absolute atomic E-state index is 4.92. The maximum Gasteiger partial charge on any atom is 0.220 e. The van der Waals surface area contributed by atoms with E-state index < -0.39 is 0 Å². The second kappa shape index (κ2) is 35.3. The van der Waals surface area contributed by atoms with Crippen LogP contribution in [0.4, 0.5) is 0 Å². The highest BCUT2D eigenvalue weighted by Gasteiger charge is 2.29. The molecule has 0 atom stereocenters. The Balaban J connectivity index is 0.000000130. The molecule has 0 bridgehead atoms. The van der Waals surface area contributed by atoms with Gasteiger partial charge in [0.15, 0.2) is 24.8 Å². The first-order chi connectivity index (χ1) is 57.0. The largest absolute Gasteiger partial charge is 0.261 e. The van der Waals surface area contributed by atoms with E-state index in [-0.39, 0.29) is 5.41 Å². The molecule has 8 heteroatoms. The van der Waals surface area contributed by atoms with Crippen LogP contribution in [0.2, 0.25) is 0 Å². The van der Waals surface area contributed by atoms with Crippen LogP contribution in [0.1, 0.15) is 155 Å². The molecule has 0 saturated heterocycles. The van der Waals surface area contributed by atoms with Crippen LogP contribution in [-0.4, -0.2) is 19.9 Å². The quantitative estimate of drug-likeness (QED) is 0.114. The van der Waals surface area contributed by atoms with E-state index in [2.05, 4.69) is 394 Å². The Kier molecular flexibility index (Phi) is 24.8. The minimum Gasteiger partial charge on any atom is -0.261 e. The monoisotopic (exact) mass is 1560 g/mol. The molecular formula is C111H120N8+4. The standard InChI is InChI=1S/C29H31N2.C29H33N2.C28H31N2.C25H25N2/c1-19-15-20(2)21(3)26(16-19)29-25-12-8-7-11-24(25)27(18-31(29)4)28-14-13-23(17-30-28)22-9-5-6-10-22;1-19-14-20(2)21(3)25(15-19)28-24-11-9-8-10-23(24)26(18-31(28)7)27-13-12-22(17-30-27)16-29(4,5)6;1-18(2)13-22-11-12-27(29-16-22)26-17-30(6)28(24-10-8-7-9-23(24)26)25-15-19(3)14-20(4)21(25)5;1-16-12-17(2)19(4)23(13-16)25-22-9-7-6-8-21(22)24(15-27(25)5)20-11-10-18(3)26-14-20/h7-8,11-18,22H,5-6,9-10H2,1-4H3;8-15,17-18H,16H2,1-7H3;7-12,14-18H,13H2,1-6H3;6-15H,1-5H3/q4*+1. The Morgan fingerprint density at radius 1 is 0.328 bits per heavy atom. The van der Waals surface area contributed by atoms with Crippen molar-refractivity contribution in [3.8, 4) is 89.9 Å². The summed E-state index contributed by atoms with van der Waals surface area (Å²) >= 11 is 0. The van der Waals surface area contributed by atoms with Gasteiger partial charge in [-0.05, 0) is 267 Å². The Morgan fingerprint density at radius 2 is 0.647 bits per heavy atom. The summed E-state index contributed by atoms with van der Waals surface area (Å²) in [5, 5.41) is 10.1. The summed E-state index contributed by atoms with van der Waals surface area (Å²) in [6.07, 6.45) is 24.5. The van der Waals surface area contributed by atoms with Crippen molar-refractivity contribution < 1.29 is 18.3 Å². The van der Waals surface area contributed by atoms with Crippen LogP contribution in [0, 0.1) is 101 Å². The summed E-state index contributed by atoms with van der Waals surface area (Å²) in [4.78, 5) is 19.1. The van der Waals surface area contributed by atoms with Crippen molar-refractivity contribution in [2.75, 3.05) is 0 Å². The van der Waals surface area contributed by atoms with Crippen LogP contribution in [0.25, 0.3) is 133 Å². The molecule has 8 heterocycles. The molecular weight excluding hydrogens is 1450 g/mol.